The van der Waals surface area contributed by atoms with Gasteiger partial charge < -0.3 is 33.8 Å². The number of carbonyl (C=O) groups excluding carboxylic acids is 4. The highest BCUT2D eigenvalue weighted by atomic mass is 31.2. The zero-order chi connectivity index (χ0) is 72.7. The molecule has 99 heavy (non-hydrogen) atoms. The van der Waals surface area contributed by atoms with Crippen molar-refractivity contribution in [2.45, 2.75) is 445 Å². The molecule has 0 heterocycles. The third-order valence-electron chi connectivity index (χ3n) is 19.1. The second kappa shape index (κ2) is 73.0. The van der Waals surface area contributed by atoms with Crippen molar-refractivity contribution in [3.05, 3.63) is 0 Å². The number of ether oxygens (including phenoxy) is 4. The molecule has 17 nitrogen and oxygen atoms in total. The second-order valence-electron chi connectivity index (χ2n) is 29.1. The van der Waals surface area contributed by atoms with Gasteiger partial charge in [0.25, 0.3) is 0 Å². The van der Waals surface area contributed by atoms with Crippen LogP contribution < -0.4 is 0 Å². The Bertz CT molecular complexity index is 1890. The Morgan fingerprint density at radius 2 is 0.485 bits per heavy atom. The molecule has 0 aliphatic rings. The number of phosphoric ester groups is 2. The maximum atomic E-state index is 13.1. The van der Waals surface area contributed by atoms with Gasteiger partial charge in [-0.15, -0.1) is 0 Å². The van der Waals surface area contributed by atoms with E-state index in [0.717, 1.165) is 95.8 Å². The summed E-state index contributed by atoms with van der Waals surface area (Å²) in [5.74, 6) is -1.26. The summed E-state index contributed by atoms with van der Waals surface area (Å²) in [6, 6.07) is 0. The SMILES string of the molecule is CCCCCCCCCCCCCCCCCCCCCCCC(=O)O[C@H](COC(=O)CCCCCCCCCCCCCCCCC(C)CC)COP(=O)(O)OC[C@@H](O)COP(=O)(O)OC[C@@H](COC(=O)CCCCCCCCCCCC)OC(=O)CCCCCCCCCCCC. The maximum absolute atomic E-state index is 13.1. The second-order valence-corrected chi connectivity index (χ2v) is 32.0. The Morgan fingerprint density at radius 1 is 0.283 bits per heavy atom. The number of hydrogen-bond acceptors (Lipinski definition) is 15. The van der Waals surface area contributed by atoms with E-state index < -0.39 is 97.5 Å². The van der Waals surface area contributed by atoms with Crippen LogP contribution in [0.25, 0.3) is 0 Å². The van der Waals surface area contributed by atoms with Gasteiger partial charge in [0.15, 0.2) is 12.2 Å². The zero-order valence-electron chi connectivity index (χ0n) is 64.6. The summed E-state index contributed by atoms with van der Waals surface area (Å²) in [7, 11) is -9.91. The van der Waals surface area contributed by atoms with Crippen molar-refractivity contribution >= 4 is 39.5 Å². The Morgan fingerprint density at radius 3 is 0.717 bits per heavy atom. The van der Waals surface area contributed by atoms with Crippen molar-refractivity contribution < 1.29 is 80.2 Å². The van der Waals surface area contributed by atoms with Crippen LogP contribution in [0.2, 0.25) is 0 Å². The summed E-state index contributed by atoms with van der Waals surface area (Å²) in [4.78, 5) is 72.9. The number of hydrogen-bond donors (Lipinski definition) is 3. The van der Waals surface area contributed by atoms with Gasteiger partial charge in [0.05, 0.1) is 26.4 Å². The van der Waals surface area contributed by atoms with E-state index in [4.69, 9.17) is 37.0 Å². The summed E-state index contributed by atoms with van der Waals surface area (Å²) in [5, 5.41) is 10.6. The first kappa shape index (κ1) is 97.1. The molecule has 0 spiro atoms. The quantitative estimate of drug-likeness (QED) is 0.0222. The van der Waals surface area contributed by atoms with Crippen LogP contribution in [0.4, 0.5) is 0 Å². The van der Waals surface area contributed by atoms with Crippen molar-refractivity contribution in [3.63, 3.8) is 0 Å². The third kappa shape index (κ3) is 72.8. The summed E-state index contributed by atoms with van der Waals surface area (Å²) < 4.78 is 68.6. The van der Waals surface area contributed by atoms with Gasteiger partial charge in [0.2, 0.25) is 0 Å². The Labute approximate surface area is 607 Å². The number of rotatable bonds is 80. The maximum Gasteiger partial charge on any atom is 0.472 e. The number of carbonyl (C=O) groups is 4. The lowest BCUT2D eigenvalue weighted by Gasteiger charge is -2.21. The van der Waals surface area contributed by atoms with Crippen LogP contribution in [0.15, 0.2) is 0 Å². The number of aliphatic hydroxyl groups excluding tert-OH is 1. The minimum Gasteiger partial charge on any atom is -0.462 e. The van der Waals surface area contributed by atoms with Gasteiger partial charge in [-0.2, -0.15) is 0 Å². The predicted octanol–water partition coefficient (Wildman–Crippen LogP) is 24.0. The molecule has 0 aromatic rings. The molecule has 6 atom stereocenters. The molecule has 0 fully saturated rings. The normalized spacial score (nSPS) is 14.1. The van der Waals surface area contributed by atoms with Crippen molar-refractivity contribution in [2.75, 3.05) is 39.6 Å². The minimum atomic E-state index is -4.96. The molecule has 0 aromatic heterocycles. The van der Waals surface area contributed by atoms with Crippen LogP contribution in [0, 0.1) is 5.92 Å². The van der Waals surface area contributed by atoms with Crippen molar-refractivity contribution in [2.24, 2.45) is 5.92 Å². The molecule has 0 saturated heterocycles. The fourth-order valence-electron chi connectivity index (χ4n) is 12.4. The number of aliphatic hydroxyl groups is 1. The summed E-state index contributed by atoms with van der Waals surface area (Å²) in [6.45, 7) is 7.35. The van der Waals surface area contributed by atoms with Crippen LogP contribution >= 0.6 is 15.6 Å². The minimum absolute atomic E-state index is 0.107. The molecular weight excluding hydrogens is 1290 g/mol. The molecule has 0 amide bonds. The zero-order valence-corrected chi connectivity index (χ0v) is 66.4. The number of unbranched alkanes of at least 4 members (excludes halogenated alkanes) is 51. The average molecular weight is 1450 g/mol. The molecule has 3 N–H and O–H groups in total. The molecule has 19 heteroatoms. The third-order valence-corrected chi connectivity index (χ3v) is 21.0. The first-order valence-electron chi connectivity index (χ1n) is 41.7. The summed E-state index contributed by atoms with van der Waals surface area (Å²) in [6.07, 6.45) is 63.8. The average Bonchev–Trinajstić information content (AvgIpc) is 0.976. The monoisotopic (exact) mass is 1450 g/mol. The fourth-order valence-corrected chi connectivity index (χ4v) is 14.0. The van der Waals surface area contributed by atoms with E-state index in [9.17, 15) is 43.2 Å². The van der Waals surface area contributed by atoms with Crippen molar-refractivity contribution in [3.8, 4) is 0 Å². The van der Waals surface area contributed by atoms with Gasteiger partial charge in [-0.1, -0.05) is 375 Å². The molecule has 0 aromatic carbocycles. The Balaban J connectivity index is 5.19. The number of esters is 4. The summed E-state index contributed by atoms with van der Waals surface area (Å²) >= 11 is 0. The van der Waals surface area contributed by atoms with Gasteiger partial charge in [0, 0.05) is 25.7 Å². The van der Waals surface area contributed by atoms with Crippen LogP contribution in [0.1, 0.15) is 426 Å². The van der Waals surface area contributed by atoms with Gasteiger partial charge >= 0.3 is 39.5 Å². The van der Waals surface area contributed by atoms with Crippen molar-refractivity contribution in [1.29, 1.82) is 0 Å². The Hall–Kier alpha value is -1.94. The number of phosphoric acid groups is 2. The summed E-state index contributed by atoms with van der Waals surface area (Å²) in [5.41, 5.74) is 0. The highest BCUT2D eigenvalue weighted by molar-refractivity contribution is 7.47. The van der Waals surface area contributed by atoms with E-state index in [1.165, 1.54) is 250 Å². The van der Waals surface area contributed by atoms with Crippen molar-refractivity contribution in [1.82, 2.24) is 0 Å². The van der Waals surface area contributed by atoms with E-state index in [2.05, 4.69) is 34.6 Å². The van der Waals surface area contributed by atoms with E-state index in [0.29, 0.717) is 25.7 Å². The smallest absolute Gasteiger partial charge is 0.462 e. The molecule has 0 aliphatic carbocycles. The van der Waals surface area contributed by atoms with Crippen LogP contribution in [0.5, 0.6) is 0 Å². The first-order valence-corrected chi connectivity index (χ1v) is 44.7. The highest BCUT2D eigenvalue weighted by Gasteiger charge is 2.30. The molecule has 0 rings (SSSR count). The van der Waals surface area contributed by atoms with Gasteiger partial charge in [-0.25, -0.2) is 9.13 Å². The van der Waals surface area contributed by atoms with E-state index in [-0.39, 0.29) is 25.7 Å². The van der Waals surface area contributed by atoms with Gasteiger partial charge in [-0.3, -0.25) is 37.3 Å². The van der Waals surface area contributed by atoms with Crippen LogP contribution in [-0.4, -0.2) is 96.7 Å². The molecule has 0 aliphatic heterocycles. The molecular formula is C80H156O17P2. The van der Waals surface area contributed by atoms with Gasteiger partial charge in [0.1, 0.15) is 19.3 Å². The van der Waals surface area contributed by atoms with E-state index >= 15 is 0 Å². The van der Waals surface area contributed by atoms with Crippen LogP contribution in [0.3, 0.4) is 0 Å². The molecule has 0 saturated carbocycles. The predicted molar refractivity (Wildman–Crippen MR) is 405 cm³/mol. The fraction of sp³-hybridized carbons (Fsp3) is 0.950. The lowest BCUT2D eigenvalue weighted by Crippen LogP contribution is -2.30. The largest absolute Gasteiger partial charge is 0.472 e. The molecule has 0 bridgehead atoms. The first-order chi connectivity index (χ1) is 48.1. The van der Waals surface area contributed by atoms with Crippen LogP contribution in [-0.2, 0) is 65.4 Å². The molecule has 0 radical (unpaired) electrons. The Kier molecular flexibility index (Phi) is 71.6. The molecule has 3 unspecified atom stereocenters. The standard InChI is InChI=1S/C80H156O17P2/c1-6-10-13-16-19-22-25-26-27-28-29-30-31-32-33-38-41-46-51-56-61-66-80(85)97-76(70-91-78(83)64-59-54-49-45-40-37-35-34-36-39-42-47-52-57-62-73(5)9-4)72-95-99(88,89)93-68-74(81)67-92-98(86,87)94-71-75(96-79(84)65-60-55-50-44-24-21-18-15-12-8-3)69-90-77(82)63-58-53-48-43-23-20-17-14-11-7-2/h73-76,81H,6-72H2,1-5H3,(H,86,87)(H,88,89)/t73?,74-,75+,76+/m0/s1. The topological polar surface area (TPSA) is 237 Å². The van der Waals surface area contributed by atoms with E-state index in [1.54, 1.807) is 0 Å². The lowest BCUT2D eigenvalue weighted by molar-refractivity contribution is -0.161. The highest BCUT2D eigenvalue weighted by Crippen LogP contribution is 2.45. The lowest BCUT2D eigenvalue weighted by atomic mass is 9.99. The van der Waals surface area contributed by atoms with Gasteiger partial charge in [-0.05, 0) is 31.6 Å². The molecule has 588 valence electrons. The van der Waals surface area contributed by atoms with E-state index in [1.807, 2.05) is 0 Å².